The standard InChI is InChI=1S/C37H37N2O/c1-3-21-40-37(33-17-19-38-35-16-10-9-15-32(33)35)36-23-27-18-20-39(36,24-26(27)4-2)25-34-30-13-7-5-11-28(30)22-29-12-6-8-14-31(29)34/h3-17,19,22,26-27,36-37H,1-2,18,20-21,23-25H2/q+1/t26?,27-,36+,37+,39-/m0/s1. The molecular weight excluding hydrogens is 488 g/mol. The molecule has 3 heteroatoms. The number of hydrogen-bond donors (Lipinski definition) is 0. The first-order valence-electron chi connectivity index (χ1n) is 14.6. The van der Waals surface area contributed by atoms with Gasteiger partial charge in [0.05, 0.1) is 25.2 Å². The van der Waals surface area contributed by atoms with Gasteiger partial charge in [-0.15, -0.1) is 13.2 Å². The number of para-hydroxylation sites is 1. The van der Waals surface area contributed by atoms with Crippen LogP contribution in [0.1, 0.15) is 30.1 Å². The molecule has 3 aliphatic rings. The van der Waals surface area contributed by atoms with Gasteiger partial charge < -0.3 is 9.22 Å². The van der Waals surface area contributed by atoms with Crippen molar-refractivity contribution in [2.75, 3.05) is 19.7 Å². The fourth-order valence-electron chi connectivity index (χ4n) is 7.90. The average Bonchev–Trinajstić information content (AvgIpc) is 3.01. The molecule has 5 atom stereocenters. The number of benzene rings is 4. The van der Waals surface area contributed by atoms with Crippen LogP contribution in [0, 0.1) is 11.8 Å². The Balaban J connectivity index is 1.41. The van der Waals surface area contributed by atoms with Crippen molar-refractivity contribution in [2.24, 2.45) is 11.8 Å². The molecule has 5 aromatic rings. The van der Waals surface area contributed by atoms with Gasteiger partial charge >= 0.3 is 0 Å². The summed E-state index contributed by atoms with van der Waals surface area (Å²) >= 11 is 0. The minimum Gasteiger partial charge on any atom is -0.363 e. The van der Waals surface area contributed by atoms with Crippen LogP contribution in [-0.2, 0) is 11.3 Å². The Kier molecular flexibility index (Phi) is 6.50. The summed E-state index contributed by atoms with van der Waals surface area (Å²) in [7, 11) is 0. The van der Waals surface area contributed by atoms with Crippen LogP contribution in [0.4, 0.5) is 0 Å². The molecule has 3 aliphatic heterocycles. The second-order valence-electron chi connectivity index (χ2n) is 11.8. The van der Waals surface area contributed by atoms with Gasteiger partial charge in [-0.3, -0.25) is 4.98 Å². The number of nitrogens with zero attached hydrogens (tertiary/aromatic N) is 2. The number of pyridine rings is 1. The predicted molar refractivity (Wildman–Crippen MR) is 166 cm³/mol. The molecule has 3 nitrogen and oxygen atoms in total. The van der Waals surface area contributed by atoms with Gasteiger partial charge in [-0.2, -0.15) is 0 Å². The lowest BCUT2D eigenvalue weighted by atomic mass is 9.70. The first-order valence-corrected chi connectivity index (χ1v) is 14.6. The molecule has 1 unspecified atom stereocenters. The summed E-state index contributed by atoms with van der Waals surface area (Å²) in [5.74, 6) is 1.18. The maximum atomic E-state index is 6.80. The Morgan fingerprint density at radius 1 is 0.900 bits per heavy atom. The van der Waals surface area contributed by atoms with E-state index < -0.39 is 0 Å². The third kappa shape index (κ3) is 4.16. The number of fused-ring (bicyclic) bond motifs is 6. The van der Waals surface area contributed by atoms with Gasteiger partial charge in [-0.25, -0.2) is 0 Å². The van der Waals surface area contributed by atoms with Gasteiger partial charge in [-0.1, -0.05) is 78.9 Å². The molecule has 3 fully saturated rings. The highest BCUT2D eigenvalue weighted by molar-refractivity contribution is 6.02. The number of rotatable bonds is 8. The first kappa shape index (κ1) is 25.2. The zero-order chi connectivity index (χ0) is 27.1. The van der Waals surface area contributed by atoms with Crippen molar-refractivity contribution in [1.29, 1.82) is 0 Å². The number of ether oxygens (including phenoxy) is 1. The van der Waals surface area contributed by atoms with E-state index in [0.717, 1.165) is 36.1 Å². The molecule has 3 saturated heterocycles. The normalized spacial score (nSPS) is 24.9. The molecule has 8 rings (SSSR count). The summed E-state index contributed by atoms with van der Waals surface area (Å²) in [6.45, 7) is 12.1. The first-order chi connectivity index (χ1) is 19.7. The van der Waals surface area contributed by atoms with Gasteiger partial charge in [0.15, 0.2) is 0 Å². The average molecular weight is 526 g/mol. The summed E-state index contributed by atoms with van der Waals surface area (Å²) in [6.07, 6.45) is 8.41. The fraction of sp³-hybridized carbons (Fsp3) is 0.270. The van der Waals surface area contributed by atoms with Crippen molar-refractivity contribution in [2.45, 2.75) is 31.5 Å². The van der Waals surface area contributed by atoms with Gasteiger partial charge in [0.1, 0.15) is 18.7 Å². The summed E-state index contributed by atoms with van der Waals surface area (Å²) < 4.78 is 7.81. The van der Waals surface area contributed by atoms with Crippen LogP contribution in [-0.4, -0.2) is 35.2 Å². The summed E-state index contributed by atoms with van der Waals surface area (Å²) in [5, 5.41) is 6.56. The SMILES string of the molecule is C=CCO[C@H](c1ccnc2ccccc12)[C@H]1C[C@@H]2CC[N@@+]1(Cc1c3ccccc3cc3ccccc13)CC2C=C. The van der Waals surface area contributed by atoms with Crippen molar-refractivity contribution in [3.8, 4) is 0 Å². The Morgan fingerprint density at radius 3 is 2.33 bits per heavy atom. The highest BCUT2D eigenvalue weighted by Crippen LogP contribution is 2.50. The third-order valence-electron chi connectivity index (χ3n) is 9.76. The Morgan fingerprint density at radius 2 is 1.60 bits per heavy atom. The van der Waals surface area contributed by atoms with E-state index in [-0.39, 0.29) is 6.10 Å². The molecule has 0 spiro atoms. The van der Waals surface area contributed by atoms with E-state index in [4.69, 9.17) is 4.74 Å². The lowest BCUT2D eigenvalue weighted by Gasteiger charge is -2.58. The highest BCUT2D eigenvalue weighted by Gasteiger charge is 2.54. The summed E-state index contributed by atoms with van der Waals surface area (Å²) in [5.41, 5.74) is 3.74. The predicted octanol–water partition coefficient (Wildman–Crippen LogP) is 8.40. The van der Waals surface area contributed by atoms with Crippen LogP contribution in [0.5, 0.6) is 0 Å². The smallest absolute Gasteiger partial charge is 0.135 e. The number of quaternary nitrogens is 1. The number of hydrogen-bond acceptors (Lipinski definition) is 2. The molecule has 2 bridgehead atoms. The number of aromatic nitrogens is 1. The van der Waals surface area contributed by atoms with Crippen LogP contribution in [0.25, 0.3) is 32.4 Å². The molecule has 0 radical (unpaired) electrons. The fourth-order valence-corrected chi connectivity index (χ4v) is 7.90. The third-order valence-corrected chi connectivity index (χ3v) is 9.76. The largest absolute Gasteiger partial charge is 0.363 e. The van der Waals surface area contributed by atoms with Crippen molar-refractivity contribution < 1.29 is 9.22 Å². The van der Waals surface area contributed by atoms with Crippen molar-refractivity contribution in [3.63, 3.8) is 0 Å². The minimum atomic E-state index is -0.0410. The Bertz CT molecular complexity index is 1670. The lowest BCUT2D eigenvalue weighted by Crippen LogP contribution is -2.67. The van der Waals surface area contributed by atoms with Crippen molar-refractivity contribution in [1.82, 2.24) is 4.98 Å². The van der Waals surface area contributed by atoms with E-state index in [1.54, 1.807) is 0 Å². The summed E-state index contributed by atoms with van der Waals surface area (Å²) in [4.78, 5) is 4.68. The molecule has 40 heavy (non-hydrogen) atoms. The van der Waals surface area contributed by atoms with Gasteiger partial charge in [0.2, 0.25) is 0 Å². The molecule has 4 aromatic carbocycles. The molecule has 0 saturated carbocycles. The van der Waals surface area contributed by atoms with E-state index >= 15 is 0 Å². The molecule has 0 N–H and O–H groups in total. The van der Waals surface area contributed by atoms with Crippen molar-refractivity contribution >= 4 is 32.4 Å². The van der Waals surface area contributed by atoms with Crippen LogP contribution in [0.3, 0.4) is 0 Å². The Labute approximate surface area is 237 Å². The van der Waals surface area contributed by atoms with E-state index in [2.05, 4.69) is 109 Å². The maximum absolute atomic E-state index is 6.80. The van der Waals surface area contributed by atoms with Crippen molar-refractivity contribution in [3.05, 3.63) is 128 Å². The number of piperidine rings is 3. The van der Waals surface area contributed by atoms with Crippen LogP contribution >= 0.6 is 0 Å². The van der Waals surface area contributed by atoms with E-state index in [9.17, 15) is 0 Å². The van der Waals surface area contributed by atoms with Gasteiger partial charge in [-0.05, 0) is 51.2 Å². The molecule has 0 aliphatic carbocycles. The van der Waals surface area contributed by atoms with E-state index in [1.807, 2.05) is 12.3 Å². The minimum absolute atomic E-state index is 0.0410. The Hall–Kier alpha value is -3.79. The quantitative estimate of drug-likeness (QED) is 0.115. The topological polar surface area (TPSA) is 22.1 Å². The zero-order valence-electron chi connectivity index (χ0n) is 23.1. The lowest BCUT2D eigenvalue weighted by molar-refractivity contribution is -0.984. The molecular formula is C37H37N2O+. The van der Waals surface area contributed by atoms with E-state index in [0.29, 0.717) is 24.5 Å². The monoisotopic (exact) mass is 525 g/mol. The highest BCUT2D eigenvalue weighted by atomic mass is 16.5. The van der Waals surface area contributed by atoms with Gasteiger partial charge in [0.25, 0.3) is 0 Å². The second-order valence-corrected chi connectivity index (χ2v) is 11.8. The van der Waals surface area contributed by atoms with Crippen LogP contribution in [0.2, 0.25) is 0 Å². The molecule has 4 heterocycles. The zero-order valence-corrected chi connectivity index (χ0v) is 23.1. The van der Waals surface area contributed by atoms with Crippen LogP contribution < -0.4 is 0 Å². The van der Waals surface area contributed by atoms with Crippen LogP contribution in [0.15, 0.2) is 116 Å². The summed E-state index contributed by atoms with van der Waals surface area (Å²) in [6, 6.07) is 31.2. The second kappa shape index (κ2) is 10.3. The molecule has 0 amide bonds. The molecule has 200 valence electrons. The van der Waals surface area contributed by atoms with Gasteiger partial charge in [0, 0.05) is 35.9 Å². The maximum Gasteiger partial charge on any atom is 0.135 e. The van der Waals surface area contributed by atoms with E-state index in [1.165, 1.54) is 44.5 Å². The molecule has 1 aromatic heterocycles.